The molecule has 7 rings (SSSR count). The van der Waals surface area contributed by atoms with Crippen molar-refractivity contribution in [3.8, 4) is 11.3 Å². The predicted octanol–water partition coefficient (Wildman–Crippen LogP) is 7.65. The highest BCUT2D eigenvalue weighted by Crippen LogP contribution is 2.41. The number of aromatic nitrogens is 4. The van der Waals surface area contributed by atoms with Crippen LogP contribution in [0, 0.1) is 0 Å². The minimum Gasteiger partial charge on any atom is -0.318 e. The van der Waals surface area contributed by atoms with E-state index in [1.54, 1.807) is 6.20 Å². The number of hydrogen-bond donors (Lipinski definition) is 0. The van der Waals surface area contributed by atoms with Gasteiger partial charge in [-0.05, 0) is 47.2 Å². The molecule has 6 aromatic rings. The highest BCUT2D eigenvalue weighted by Gasteiger charge is 2.38. The van der Waals surface area contributed by atoms with E-state index >= 15 is 0 Å². The third-order valence-electron chi connectivity index (χ3n) is 8.17. The minimum atomic E-state index is -0.641. The average molecular weight is 547 g/mol. The Kier molecular flexibility index (Phi) is 6.68. The summed E-state index contributed by atoms with van der Waals surface area (Å²) in [6, 6.07) is 41.8. The summed E-state index contributed by atoms with van der Waals surface area (Å²) in [5.41, 5.74) is 7.04. The Hall–Kier alpha value is -5.29. The number of Topliss-reactive ketones (excluding diaryl/α,β-unsaturated/α-hetero) is 1. The maximum Gasteiger partial charge on any atom is 0.207 e. The number of carbonyl (C=O) groups is 1. The van der Waals surface area contributed by atoms with E-state index in [2.05, 4.69) is 119 Å². The molecule has 4 aromatic carbocycles. The van der Waals surface area contributed by atoms with Gasteiger partial charge in [-0.1, -0.05) is 115 Å². The van der Waals surface area contributed by atoms with Gasteiger partial charge in [0, 0.05) is 30.1 Å². The van der Waals surface area contributed by atoms with Crippen molar-refractivity contribution in [3.63, 3.8) is 0 Å². The smallest absolute Gasteiger partial charge is 0.207 e. The quantitative estimate of drug-likeness (QED) is 0.159. The summed E-state index contributed by atoms with van der Waals surface area (Å²) in [6.45, 7) is 0.748. The molecule has 0 spiro atoms. The van der Waals surface area contributed by atoms with Gasteiger partial charge in [0.2, 0.25) is 5.78 Å². The molecule has 0 saturated carbocycles. The number of fused-ring (bicyclic) bond motifs is 1. The lowest BCUT2D eigenvalue weighted by Gasteiger charge is -2.37. The Labute approximate surface area is 245 Å². The van der Waals surface area contributed by atoms with E-state index in [9.17, 15) is 4.79 Å². The van der Waals surface area contributed by atoms with Crippen LogP contribution in [0.4, 0.5) is 0 Å². The van der Waals surface area contributed by atoms with Gasteiger partial charge in [-0.25, -0.2) is 4.98 Å². The molecule has 3 heterocycles. The molecule has 0 radical (unpaired) electrons. The van der Waals surface area contributed by atoms with Crippen molar-refractivity contribution in [2.75, 3.05) is 0 Å². The molecule has 5 nitrogen and oxygen atoms in total. The van der Waals surface area contributed by atoms with Crippen LogP contribution in [0.1, 0.15) is 45.6 Å². The second kappa shape index (κ2) is 10.9. The third kappa shape index (κ3) is 4.40. The van der Waals surface area contributed by atoms with Gasteiger partial charge in [0.25, 0.3) is 0 Å². The molecular formula is C37H30N4O. The number of nitrogens with zero attached hydrogens (tertiary/aromatic N) is 4. The fourth-order valence-electron chi connectivity index (χ4n) is 6.21. The largest absolute Gasteiger partial charge is 0.318 e. The number of hydrogen-bond acceptors (Lipinski definition) is 3. The van der Waals surface area contributed by atoms with Crippen molar-refractivity contribution in [2.45, 2.75) is 24.9 Å². The maximum atomic E-state index is 13.4. The number of imidazole rings is 1. The summed E-state index contributed by atoms with van der Waals surface area (Å²) >= 11 is 0. The zero-order valence-corrected chi connectivity index (χ0v) is 23.2. The average Bonchev–Trinajstić information content (AvgIpc) is 3.71. The van der Waals surface area contributed by atoms with E-state index in [4.69, 9.17) is 4.98 Å². The van der Waals surface area contributed by atoms with Crippen molar-refractivity contribution in [2.24, 2.45) is 0 Å². The summed E-state index contributed by atoms with van der Waals surface area (Å²) in [4.78, 5) is 18.4. The molecular weight excluding hydrogens is 516 g/mol. The summed E-state index contributed by atoms with van der Waals surface area (Å²) in [7, 11) is 0. The summed E-state index contributed by atoms with van der Waals surface area (Å²) in [5.74, 6) is 0.0431. The maximum absolute atomic E-state index is 13.4. The van der Waals surface area contributed by atoms with Gasteiger partial charge in [-0.2, -0.15) is 5.10 Å². The van der Waals surface area contributed by atoms with E-state index in [-0.39, 0.29) is 5.78 Å². The molecule has 0 bridgehead atoms. The normalized spacial score (nSPS) is 14.5. The molecule has 0 aliphatic carbocycles. The second-order valence-electron chi connectivity index (χ2n) is 10.6. The van der Waals surface area contributed by atoms with Crippen LogP contribution in [0.2, 0.25) is 0 Å². The van der Waals surface area contributed by atoms with Gasteiger partial charge in [0.15, 0.2) is 0 Å². The lowest BCUT2D eigenvalue weighted by atomic mass is 9.77. The van der Waals surface area contributed by atoms with Gasteiger partial charge in [-0.15, -0.1) is 0 Å². The van der Waals surface area contributed by atoms with Gasteiger partial charge in [0.05, 0.1) is 12.0 Å². The van der Waals surface area contributed by atoms with Gasteiger partial charge in [0.1, 0.15) is 11.2 Å². The first-order valence-corrected chi connectivity index (χ1v) is 14.3. The van der Waals surface area contributed by atoms with Crippen LogP contribution in [0.5, 0.6) is 0 Å². The number of allylic oxidation sites excluding steroid dienone is 1. The standard InChI is InChI=1S/C37H30N4O/c42-36-29(14-12-24-41-35(36)22-23-39-41)25-28-13-10-11-21-33(28)34-26-40(27-38-34)37(30-15-4-1-5-16-30,31-17-6-2-7-18-31)32-19-8-3-9-20-32/h1-11,13,15-23,25-27H,12,14,24H2/b29-25+. The molecule has 1 aliphatic heterocycles. The summed E-state index contributed by atoms with van der Waals surface area (Å²) < 4.78 is 4.04. The van der Waals surface area contributed by atoms with Gasteiger partial charge < -0.3 is 4.57 Å². The minimum absolute atomic E-state index is 0.0431. The van der Waals surface area contributed by atoms with Crippen LogP contribution >= 0.6 is 0 Å². The summed E-state index contributed by atoms with van der Waals surface area (Å²) in [6.07, 6.45) is 9.39. The first-order chi connectivity index (χ1) is 20.7. The zero-order valence-electron chi connectivity index (χ0n) is 23.2. The van der Waals surface area contributed by atoms with Crippen LogP contribution in [-0.2, 0) is 12.1 Å². The fraction of sp³-hybridized carbons (Fsp3) is 0.108. The topological polar surface area (TPSA) is 52.7 Å². The monoisotopic (exact) mass is 546 g/mol. The SMILES string of the molecule is O=C1/C(=C/c2ccccc2-c2cn(C(c3ccccc3)(c3ccccc3)c3ccccc3)cn2)CCCn2nccc21. The number of rotatable bonds is 6. The molecule has 204 valence electrons. The number of ketones is 1. The Morgan fingerprint density at radius 1 is 0.714 bits per heavy atom. The van der Waals surface area contributed by atoms with Crippen LogP contribution in [-0.4, -0.2) is 25.1 Å². The zero-order chi connectivity index (χ0) is 28.4. The summed E-state index contributed by atoms with van der Waals surface area (Å²) in [5, 5.41) is 4.33. The second-order valence-corrected chi connectivity index (χ2v) is 10.6. The van der Waals surface area contributed by atoms with Crippen LogP contribution < -0.4 is 0 Å². The molecule has 0 atom stereocenters. The van der Waals surface area contributed by atoms with E-state index in [1.807, 2.05) is 35.3 Å². The third-order valence-corrected chi connectivity index (χ3v) is 8.17. The molecule has 42 heavy (non-hydrogen) atoms. The highest BCUT2D eigenvalue weighted by atomic mass is 16.1. The Morgan fingerprint density at radius 3 is 1.95 bits per heavy atom. The molecule has 0 saturated heterocycles. The molecule has 0 amide bonds. The van der Waals surface area contributed by atoms with E-state index in [0.29, 0.717) is 12.1 Å². The lowest BCUT2D eigenvalue weighted by Crippen LogP contribution is -2.36. The number of carbonyl (C=O) groups excluding carboxylic acids is 1. The first kappa shape index (κ1) is 25.7. The van der Waals surface area contributed by atoms with Crippen LogP contribution in [0.15, 0.2) is 146 Å². The van der Waals surface area contributed by atoms with E-state index < -0.39 is 5.54 Å². The Balaban J connectivity index is 1.39. The van der Waals surface area contributed by atoms with Crippen molar-refractivity contribution in [1.82, 2.24) is 19.3 Å². The van der Waals surface area contributed by atoms with Crippen molar-refractivity contribution in [1.29, 1.82) is 0 Å². The molecule has 0 fully saturated rings. The van der Waals surface area contributed by atoms with Gasteiger partial charge in [-0.3, -0.25) is 9.48 Å². The molecule has 0 N–H and O–H groups in total. The van der Waals surface area contributed by atoms with Crippen molar-refractivity contribution in [3.05, 3.63) is 174 Å². The lowest BCUT2D eigenvalue weighted by molar-refractivity contribution is 0.102. The number of benzene rings is 4. The molecule has 5 heteroatoms. The Morgan fingerprint density at radius 2 is 1.31 bits per heavy atom. The molecule has 2 aromatic heterocycles. The molecule has 1 aliphatic rings. The van der Waals surface area contributed by atoms with Crippen molar-refractivity contribution < 1.29 is 4.79 Å². The highest BCUT2D eigenvalue weighted by molar-refractivity contribution is 6.10. The predicted molar refractivity (Wildman–Crippen MR) is 166 cm³/mol. The van der Waals surface area contributed by atoms with Crippen molar-refractivity contribution >= 4 is 11.9 Å². The van der Waals surface area contributed by atoms with E-state index in [0.717, 1.165) is 52.0 Å². The van der Waals surface area contributed by atoms with Gasteiger partial charge >= 0.3 is 0 Å². The Bertz CT molecular complexity index is 1770. The van der Waals surface area contributed by atoms with Crippen LogP contribution in [0.3, 0.4) is 0 Å². The number of aryl methyl sites for hydroxylation is 1. The fourth-order valence-corrected chi connectivity index (χ4v) is 6.21. The van der Waals surface area contributed by atoms with E-state index in [1.165, 1.54) is 0 Å². The molecule has 0 unspecified atom stereocenters. The van der Waals surface area contributed by atoms with Crippen LogP contribution in [0.25, 0.3) is 17.3 Å². The first-order valence-electron chi connectivity index (χ1n) is 14.3.